The molecule has 0 amide bonds. The highest BCUT2D eigenvalue weighted by Crippen LogP contribution is 2.59. The van der Waals surface area contributed by atoms with Gasteiger partial charge in [-0.2, -0.15) is 0 Å². The van der Waals surface area contributed by atoms with E-state index in [2.05, 4.69) is 278 Å². The molecule has 11 aromatic carbocycles. The molecule has 0 saturated heterocycles. The number of fused-ring (bicyclic) bond motifs is 4. The number of nitrogens with zero attached hydrogens (tertiary/aromatic N) is 1. The SMILES string of the molecule is c1ccc(-c2ccc(-c3ccc(N(c4ccc(-c5ccc(-c6cccc7ccccc67)cc5)cc4)c4cccc5c4-c4ccccc4C5(c4ccccc4)c4ccccc4)cc3)cc2)cc1. The molecule has 1 aliphatic carbocycles. The summed E-state index contributed by atoms with van der Waals surface area (Å²) in [6.07, 6.45) is 0. The minimum Gasteiger partial charge on any atom is -0.310 e. The van der Waals surface area contributed by atoms with Crippen LogP contribution in [0.25, 0.3) is 66.4 Å². The van der Waals surface area contributed by atoms with E-state index in [0.29, 0.717) is 0 Å². The summed E-state index contributed by atoms with van der Waals surface area (Å²) in [6.45, 7) is 0. The smallest absolute Gasteiger partial charge is 0.0714 e. The van der Waals surface area contributed by atoms with Crippen molar-refractivity contribution in [1.82, 2.24) is 0 Å². The van der Waals surface area contributed by atoms with E-state index in [4.69, 9.17) is 0 Å². The minimum atomic E-state index is -0.506. The van der Waals surface area contributed by atoms with Crippen molar-refractivity contribution in [3.8, 4) is 55.6 Å². The fourth-order valence-corrected chi connectivity index (χ4v) is 10.5. The zero-order valence-electron chi connectivity index (χ0n) is 36.4. The highest BCUT2D eigenvalue weighted by atomic mass is 15.1. The molecule has 12 rings (SSSR count). The van der Waals surface area contributed by atoms with Gasteiger partial charge in [0, 0.05) is 16.9 Å². The Morgan fingerprint density at radius 1 is 0.258 bits per heavy atom. The van der Waals surface area contributed by atoms with Crippen LogP contribution in [0.3, 0.4) is 0 Å². The van der Waals surface area contributed by atoms with E-state index >= 15 is 0 Å². The highest BCUT2D eigenvalue weighted by Gasteiger charge is 2.47. The van der Waals surface area contributed by atoms with Crippen LogP contribution >= 0.6 is 0 Å². The van der Waals surface area contributed by atoms with Crippen LogP contribution in [0.4, 0.5) is 17.1 Å². The van der Waals surface area contributed by atoms with Gasteiger partial charge in [0.1, 0.15) is 0 Å². The molecule has 1 nitrogen and oxygen atoms in total. The topological polar surface area (TPSA) is 3.24 Å². The van der Waals surface area contributed by atoms with Crippen LogP contribution in [0.5, 0.6) is 0 Å². The summed E-state index contributed by atoms with van der Waals surface area (Å²) < 4.78 is 0. The lowest BCUT2D eigenvalue weighted by Crippen LogP contribution is -2.28. The van der Waals surface area contributed by atoms with Gasteiger partial charge in [-0.1, -0.05) is 243 Å². The van der Waals surface area contributed by atoms with Crippen molar-refractivity contribution in [1.29, 1.82) is 0 Å². The number of hydrogen-bond donors (Lipinski definition) is 0. The third kappa shape index (κ3) is 6.64. The van der Waals surface area contributed by atoms with E-state index in [9.17, 15) is 0 Å². The molecule has 0 fully saturated rings. The van der Waals surface area contributed by atoms with E-state index < -0.39 is 5.41 Å². The van der Waals surface area contributed by atoms with Crippen molar-refractivity contribution in [2.24, 2.45) is 0 Å². The summed E-state index contributed by atoms with van der Waals surface area (Å²) in [7, 11) is 0. The average Bonchev–Trinajstić information content (AvgIpc) is 3.71. The zero-order chi connectivity index (χ0) is 43.9. The molecule has 0 aromatic heterocycles. The normalized spacial score (nSPS) is 12.4. The van der Waals surface area contributed by atoms with Crippen molar-refractivity contribution < 1.29 is 0 Å². The third-order valence-electron chi connectivity index (χ3n) is 13.6. The first kappa shape index (κ1) is 39.1. The van der Waals surface area contributed by atoms with Gasteiger partial charge >= 0.3 is 0 Å². The largest absolute Gasteiger partial charge is 0.310 e. The quantitative estimate of drug-likeness (QED) is 0.140. The maximum absolute atomic E-state index is 2.46. The number of rotatable bonds is 9. The predicted octanol–water partition coefficient (Wildman–Crippen LogP) is 17.3. The van der Waals surface area contributed by atoms with Crippen molar-refractivity contribution in [2.45, 2.75) is 5.41 Å². The van der Waals surface area contributed by atoms with Crippen LogP contribution < -0.4 is 4.90 Å². The van der Waals surface area contributed by atoms with Crippen LogP contribution in [0.15, 0.2) is 273 Å². The van der Waals surface area contributed by atoms with Crippen molar-refractivity contribution in [3.05, 3.63) is 295 Å². The van der Waals surface area contributed by atoms with Crippen LogP contribution in [-0.2, 0) is 5.41 Å². The van der Waals surface area contributed by atoms with Crippen molar-refractivity contribution in [3.63, 3.8) is 0 Å². The Hall–Kier alpha value is -8.52. The second-order valence-electron chi connectivity index (χ2n) is 17.2. The van der Waals surface area contributed by atoms with Gasteiger partial charge in [-0.05, 0) is 113 Å². The average molecular weight is 840 g/mol. The Kier molecular flexibility index (Phi) is 9.81. The molecule has 0 N–H and O–H groups in total. The molecule has 0 heterocycles. The van der Waals surface area contributed by atoms with Gasteiger partial charge in [0.05, 0.1) is 11.1 Å². The Bertz CT molecular complexity index is 3420. The zero-order valence-corrected chi connectivity index (χ0v) is 36.4. The van der Waals surface area contributed by atoms with E-state index in [-0.39, 0.29) is 0 Å². The summed E-state index contributed by atoms with van der Waals surface area (Å²) in [5.74, 6) is 0. The monoisotopic (exact) mass is 839 g/mol. The fourth-order valence-electron chi connectivity index (χ4n) is 10.5. The summed E-state index contributed by atoms with van der Waals surface area (Å²) >= 11 is 0. The Labute approximate surface area is 387 Å². The second kappa shape index (κ2) is 16.6. The summed E-state index contributed by atoms with van der Waals surface area (Å²) in [5.41, 5.74) is 20.0. The summed E-state index contributed by atoms with van der Waals surface area (Å²) in [6, 6.07) is 99.9. The van der Waals surface area contributed by atoms with E-state index in [1.54, 1.807) is 0 Å². The standard InChI is InChI=1S/C65H45N/c1-4-16-46(17-5-1)47-30-32-48(33-31-47)50-38-42-56(43-39-50)66(57-44-40-51(41-45-57)49-34-36-53(37-35-49)59-26-14-19-52-18-10-11-24-58(52)59)63-29-15-28-62-64(63)60-25-12-13-27-61(60)65(62,54-20-6-2-7-21-54)55-22-8-3-9-23-55/h1-45H. The van der Waals surface area contributed by atoms with E-state index in [0.717, 1.165) is 17.1 Å². The molecular formula is C65H45N. The Balaban J connectivity index is 0.986. The molecular weight excluding hydrogens is 795 g/mol. The molecule has 0 radical (unpaired) electrons. The highest BCUT2D eigenvalue weighted by molar-refractivity contribution is 5.99. The second-order valence-corrected chi connectivity index (χ2v) is 17.2. The lowest BCUT2D eigenvalue weighted by Gasteiger charge is -2.34. The van der Waals surface area contributed by atoms with Gasteiger partial charge in [-0.15, -0.1) is 0 Å². The summed E-state index contributed by atoms with van der Waals surface area (Å²) in [5, 5.41) is 2.52. The fraction of sp³-hybridized carbons (Fsp3) is 0.0154. The maximum Gasteiger partial charge on any atom is 0.0714 e. The van der Waals surface area contributed by atoms with E-state index in [1.165, 1.54) is 88.7 Å². The third-order valence-corrected chi connectivity index (χ3v) is 13.6. The van der Waals surface area contributed by atoms with Gasteiger partial charge < -0.3 is 4.90 Å². The number of benzene rings is 11. The molecule has 0 spiro atoms. The van der Waals surface area contributed by atoms with Gasteiger partial charge in [0.25, 0.3) is 0 Å². The van der Waals surface area contributed by atoms with Crippen LogP contribution in [-0.4, -0.2) is 0 Å². The lowest BCUT2D eigenvalue weighted by atomic mass is 9.68. The molecule has 0 aliphatic heterocycles. The number of anilines is 3. The molecule has 0 unspecified atom stereocenters. The molecule has 310 valence electrons. The molecule has 1 aliphatic rings. The van der Waals surface area contributed by atoms with Gasteiger partial charge in [0.15, 0.2) is 0 Å². The molecule has 66 heavy (non-hydrogen) atoms. The minimum absolute atomic E-state index is 0.506. The van der Waals surface area contributed by atoms with Crippen LogP contribution in [0.1, 0.15) is 22.3 Å². The molecule has 11 aromatic rings. The number of hydrogen-bond acceptors (Lipinski definition) is 1. The molecule has 0 atom stereocenters. The molecule has 0 bridgehead atoms. The maximum atomic E-state index is 2.46. The first-order valence-corrected chi connectivity index (χ1v) is 22.8. The van der Waals surface area contributed by atoms with Gasteiger partial charge in [0.2, 0.25) is 0 Å². The molecule has 0 saturated carbocycles. The first-order valence-electron chi connectivity index (χ1n) is 22.8. The van der Waals surface area contributed by atoms with Crippen LogP contribution in [0.2, 0.25) is 0 Å². The first-order chi connectivity index (χ1) is 32.7. The van der Waals surface area contributed by atoms with Gasteiger partial charge in [-0.3, -0.25) is 0 Å². The van der Waals surface area contributed by atoms with Gasteiger partial charge in [-0.25, -0.2) is 0 Å². The predicted molar refractivity (Wildman–Crippen MR) is 278 cm³/mol. The Morgan fingerprint density at radius 3 is 1.23 bits per heavy atom. The lowest BCUT2D eigenvalue weighted by molar-refractivity contribution is 0.768. The van der Waals surface area contributed by atoms with Crippen molar-refractivity contribution >= 4 is 27.8 Å². The molecule has 1 heteroatoms. The van der Waals surface area contributed by atoms with E-state index in [1.807, 2.05) is 0 Å². The van der Waals surface area contributed by atoms with Crippen LogP contribution in [0, 0.1) is 0 Å². The van der Waals surface area contributed by atoms with Crippen molar-refractivity contribution in [2.75, 3.05) is 4.90 Å². The Morgan fingerprint density at radius 2 is 0.652 bits per heavy atom. The summed E-state index contributed by atoms with van der Waals surface area (Å²) in [4.78, 5) is 2.46.